The molecule has 29 heavy (non-hydrogen) atoms. The second kappa shape index (κ2) is 7.57. The molecule has 2 aromatic rings. The zero-order valence-corrected chi connectivity index (χ0v) is 15.4. The molecule has 2 aliphatic rings. The number of nitrogens with zero attached hydrogens (tertiary/aromatic N) is 1. The van der Waals surface area contributed by atoms with Gasteiger partial charge in [0.05, 0.1) is 5.92 Å². The van der Waals surface area contributed by atoms with Gasteiger partial charge < -0.3 is 25.0 Å². The van der Waals surface area contributed by atoms with Gasteiger partial charge in [-0.3, -0.25) is 4.79 Å². The van der Waals surface area contributed by atoms with E-state index in [0.717, 1.165) is 0 Å². The molecule has 0 radical (unpaired) electrons. The van der Waals surface area contributed by atoms with Crippen LogP contribution in [0.2, 0.25) is 0 Å². The maximum Gasteiger partial charge on any atom is 0.586 e. The Labute approximate surface area is 165 Å². The fourth-order valence-corrected chi connectivity index (χ4v) is 3.37. The third-order valence-electron chi connectivity index (χ3n) is 4.77. The third kappa shape index (κ3) is 4.39. The number of rotatable bonds is 3. The van der Waals surface area contributed by atoms with Crippen LogP contribution in [0.4, 0.5) is 25.0 Å². The summed E-state index contributed by atoms with van der Waals surface area (Å²) >= 11 is 0. The van der Waals surface area contributed by atoms with Crippen LogP contribution in [0.15, 0.2) is 48.5 Å². The number of amides is 3. The second-order valence-electron chi connectivity index (χ2n) is 6.90. The van der Waals surface area contributed by atoms with Crippen LogP contribution in [0.1, 0.15) is 12.8 Å². The molecular formula is C20H19F2N3O4. The van der Waals surface area contributed by atoms with Gasteiger partial charge in [-0.05, 0) is 37.1 Å². The molecule has 1 saturated heterocycles. The first kappa shape index (κ1) is 19.0. The van der Waals surface area contributed by atoms with E-state index in [0.29, 0.717) is 30.8 Å². The van der Waals surface area contributed by atoms with Crippen LogP contribution in [-0.4, -0.2) is 36.2 Å². The normalized spacial score (nSPS) is 19.5. The predicted octanol–water partition coefficient (Wildman–Crippen LogP) is 3.89. The molecule has 2 heterocycles. The van der Waals surface area contributed by atoms with Crippen molar-refractivity contribution in [3.05, 3.63) is 48.5 Å². The number of piperidine rings is 1. The van der Waals surface area contributed by atoms with E-state index in [9.17, 15) is 18.4 Å². The standard InChI is InChI=1S/C20H19F2N3O4/c21-20(22)28-16-9-8-15(11-17(16)29-20)23-18(26)13-5-4-10-25(12-13)19(27)24-14-6-2-1-3-7-14/h1-3,6-9,11,13H,4-5,10,12H2,(H,23,26)(H,24,27). The Morgan fingerprint density at radius 1 is 1.00 bits per heavy atom. The average Bonchev–Trinajstić information content (AvgIpc) is 3.02. The minimum Gasteiger partial charge on any atom is -0.395 e. The van der Waals surface area contributed by atoms with Gasteiger partial charge in [-0.2, -0.15) is 0 Å². The molecule has 0 bridgehead atoms. The van der Waals surface area contributed by atoms with E-state index >= 15 is 0 Å². The first-order valence-electron chi connectivity index (χ1n) is 9.21. The summed E-state index contributed by atoms with van der Waals surface area (Å²) in [4.78, 5) is 26.7. The molecule has 9 heteroatoms. The highest BCUT2D eigenvalue weighted by molar-refractivity contribution is 5.94. The molecular weight excluding hydrogens is 384 g/mol. The molecule has 1 unspecified atom stereocenters. The summed E-state index contributed by atoms with van der Waals surface area (Å²) < 4.78 is 35.0. The van der Waals surface area contributed by atoms with Gasteiger partial charge in [-0.1, -0.05) is 18.2 Å². The van der Waals surface area contributed by atoms with Crippen molar-refractivity contribution in [3.8, 4) is 11.5 Å². The fourth-order valence-electron chi connectivity index (χ4n) is 3.37. The first-order valence-corrected chi connectivity index (χ1v) is 9.21. The Kier molecular flexibility index (Phi) is 4.96. The van der Waals surface area contributed by atoms with Gasteiger partial charge in [-0.15, -0.1) is 8.78 Å². The summed E-state index contributed by atoms with van der Waals surface area (Å²) in [5.41, 5.74) is 1.00. The summed E-state index contributed by atoms with van der Waals surface area (Å²) in [6, 6.07) is 12.9. The fraction of sp³-hybridized carbons (Fsp3) is 0.300. The predicted molar refractivity (Wildman–Crippen MR) is 101 cm³/mol. The highest BCUT2D eigenvalue weighted by Gasteiger charge is 2.43. The number of carbonyl (C=O) groups excluding carboxylic acids is 2. The summed E-state index contributed by atoms with van der Waals surface area (Å²) in [5.74, 6) is -0.917. The number of urea groups is 1. The van der Waals surface area contributed by atoms with E-state index in [-0.39, 0.29) is 30.0 Å². The van der Waals surface area contributed by atoms with Crippen LogP contribution in [0.3, 0.4) is 0 Å². The van der Waals surface area contributed by atoms with Crippen molar-refractivity contribution in [2.45, 2.75) is 19.1 Å². The monoisotopic (exact) mass is 403 g/mol. The molecule has 2 aliphatic heterocycles. The molecule has 0 spiro atoms. The van der Waals surface area contributed by atoms with Crippen molar-refractivity contribution < 1.29 is 27.8 Å². The largest absolute Gasteiger partial charge is 0.586 e. The van der Waals surface area contributed by atoms with Crippen molar-refractivity contribution in [1.29, 1.82) is 0 Å². The first-order chi connectivity index (χ1) is 13.9. The Bertz CT molecular complexity index is 923. The number of nitrogens with one attached hydrogen (secondary N) is 2. The maximum absolute atomic E-state index is 13.1. The van der Waals surface area contributed by atoms with Crippen molar-refractivity contribution in [2.75, 3.05) is 23.7 Å². The van der Waals surface area contributed by atoms with E-state index in [4.69, 9.17) is 0 Å². The van der Waals surface area contributed by atoms with Crippen molar-refractivity contribution in [3.63, 3.8) is 0 Å². The SMILES string of the molecule is O=C(Nc1ccc2c(c1)OC(F)(F)O2)C1CCCN(C(=O)Nc2ccccc2)C1. The quantitative estimate of drug-likeness (QED) is 0.815. The number of halogens is 2. The van der Waals surface area contributed by atoms with Crippen LogP contribution in [0.25, 0.3) is 0 Å². The van der Waals surface area contributed by atoms with E-state index in [1.54, 1.807) is 17.0 Å². The smallest absolute Gasteiger partial charge is 0.395 e. The number of likely N-dealkylation sites (tertiary alicyclic amines) is 1. The summed E-state index contributed by atoms with van der Waals surface area (Å²) in [5, 5.41) is 5.51. The molecule has 3 amide bonds. The lowest BCUT2D eigenvalue weighted by Gasteiger charge is -2.32. The number of ether oxygens (including phenoxy) is 2. The number of anilines is 2. The van der Waals surface area contributed by atoms with E-state index < -0.39 is 12.2 Å². The van der Waals surface area contributed by atoms with Gasteiger partial charge in [-0.25, -0.2) is 4.79 Å². The van der Waals surface area contributed by atoms with Gasteiger partial charge >= 0.3 is 12.3 Å². The molecule has 0 saturated carbocycles. The molecule has 2 aromatic carbocycles. The Hall–Kier alpha value is -3.36. The lowest BCUT2D eigenvalue weighted by atomic mass is 9.97. The number of hydrogen-bond acceptors (Lipinski definition) is 4. The van der Waals surface area contributed by atoms with Gasteiger partial charge in [0.15, 0.2) is 11.5 Å². The van der Waals surface area contributed by atoms with Crippen LogP contribution in [0.5, 0.6) is 11.5 Å². The zero-order valence-electron chi connectivity index (χ0n) is 15.4. The number of carbonyl (C=O) groups is 2. The van der Waals surface area contributed by atoms with Gasteiger partial charge in [0, 0.05) is 30.5 Å². The molecule has 0 aliphatic carbocycles. The molecule has 1 fully saturated rings. The highest BCUT2D eigenvalue weighted by Crippen LogP contribution is 2.42. The zero-order chi connectivity index (χ0) is 20.4. The average molecular weight is 403 g/mol. The minimum atomic E-state index is -3.71. The van der Waals surface area contributed by atoms with Crippen LogP contribution in [0, 0.1) is 5.92 Å². The van der Waals surface area contributed by atoms with Crippen molar-refractivity contribution >= 4 is 23.3 Å². The molecule has 7 nitrogen and oxygen atoms in total. The molecule has 0 aromatic heterocycles. The molecule has 152 valence electrons. The molecule has 4 rings (SSSR count). The number of para-hydroxylation sites is 1. The van der Waals surface area contributed by atoms with Gasteiger partial charge in [0.25, 0.3) is 0 Å². The van der Waals surface area contributed by atoms with E-state index in [1.807, 2.05) is 18.2 Å². The molecule has 1 atom stereocenters. The second-order valence-corrected chi connectivity index (χ2v) is 6.90. The Morgan fingerprint density at radius 3 is 2.55 bits per heavy atom. The minimum absolute atomic E-state index is 0.0885. The summed E-state index contributed by atoms with van der Waals surface area (Å²) in [6.07, 6.45) is -2.39. The van der Waals surface area contributed by atoms with Gasteiger partial charge in [0.2, 0.25) is 5.91 Å². The van der Waals surface area contributed by atoms with Crippen LogP contribution in [-0.2, 0) is 4.79 Å². The van der Waals surface area contributed by atoms with E-state index in [1.165, 1.54) is 18.2 Å². The highest BCUT2D eigenvalue weighted by atomic mass is 19.3. The third-order valence-corrected chi connectivity index (χ3v) is 4.77. The summed E-state index contributed by atoms with van der Waals surface area (Å²) in [7, 11) is 0. The number of alkyl halides is 2. The number of benzene rings is 2. The lowest BCUT2D eigenvalue weighted by molar-refractivity contribution is -0.286. The van der Waals surface area contributed by atoms with Crippen molar-refractivity contribution in [1.82, 2.24) is 4.90 Å². The Morgan fingerprint density at radius 2 is 1.76 bits per heavy atom. The lowest BCUT2D eigenvalue weighted by Crippen LogP contribution is -2.45. The summed E-state index contributed by atoms with van der Waals surface area (Å²) in [6.45, 7) is 0.828. The Balaban J connectivity index is 1.36. The van der Waals surface area contributed by atoms with Crippen LogP contribution < -0.4 is 20.1 Å². The van der Waals surface area contributed by atoms with Gasteiger partial charge in [0.1, 0.15) is 0 Å². The van der Waals surface area contributed by atoms with E-state index in [2.05, 4.69) is 20.1 Å². The van der Waals surface area contributed by atoms with Crippen molar-refractivity contribution in [2.24, 2.45) is 5.92 Å². The molecule has 2 N–H and O–H groups in total. The van der Waals surface area contributed by atoms with Crippen LogP contribution >= 0.6 is 0 Å². The topological polar surface area (TPSA) is 79.9 Å². The number of hydrogen-bond donors (Lipinski definition) is 2. The number of fused-ring (bicyclic) bond motifs is 1. The maximum atomic E-state index is 13.1.